The number of phenolic OH excluding ortho intramolecular Hbond substituents is 1. The van der Waals surface area contributed by atoms with Gasteiger partial charge in [0.15, 0.2) is 18.0 Å². The molecule has 15 atom stereocenters. The molecule has 7 rings (SSSR count). The molecule has 5 aliphatic rings. The summed E-state index contributed by atoms with van der Waals surface area (Å²) in [4.78, 5) is 26.1. The van der Waals surface area contributed by atoms with Gasteiger partial charge >= 0.3 is 0 Å². The average Bonchev–Trinajstić information content (AvgIpc) is 3.19. The number of carbonyl (C=O) groups excluding carboxylic acids is 1. The lowest BCUT2D eigenvalue weighted by Gasteiger charge is -2.48. The van der Waals surface area contributed by atoms with E-state index in [1.165, 1.54) is 24.3 Å². The summed E-state index contributed by atoms with van der Waals surface area (Å²) in [6.45, 7) is -0.539. The third kappa shape index (κ3) is 7.88. The fraction of sp³-hybridized carbons (Fsp3) is 0.474. The predicted molar refractivity (Wildman–Crippen MR) is 199 cm³/mol. The van der Waals surface area contributed by atoms with E-state index in [0.717, 1.165) is 0 Å². The van der Waals surface area contributed by atoms with Gasteiger partial charge in [-0.15, -0.1) is 0 Å². The molecule has 0 radical (unpaired) electrons. The number of hydrogen-bond acceptors (Lipinski definition) is 18. The lowest BCUT2D eigenvalue weighted by molar-refractivity contribution is -0.330. The van der Waals surface area contributed by atoms with Gasteiger partial charge in [-0.3, -0.25) is 9.59 Å². The topological polar surface area (TPSA) is 342 Å². The van der Waals surface area contributed by atoms with Crippen LogP contribution in [0.2, 0.25) is 0 Å². The Morgan fingerprint density at radius 3 is 2.12 bits per heavy atom. The van der Waals surface area contributed by atoms with Crippen molar-refractivity contribution in [1.29, 1.82) is 0 Å². The van der Waals surface area contributed by atoms with E-state index < -0.39 is 97.7 Å². The number of rotatable bonds is 9. The van der Waals surface area contributed by atoms with E-state index in [0.29, 0.717) is 22.1 Å². The van der Waals surface area contributed by atoms with Crippen molar-refractivity contribution in [1.82, 2.24) is 5.32 Å². The number of aliphatic hydroxyl groups is 6. The van der Waals surface area contributed by atoms with Crippen LogP contribution in [0.3, 0.4) is 0 Å². The minimum Gasteiger partial charge on any atom is -0.508 e. The highest BCUT2D eigenvalue weighted by atomic mass is 16.7. The number of nitrogens with two attached hydrogens (primary N) is 4. The zero-order chi connectivity index (χ0) is 40.9. The number of aromatic hydroxyl groups is 1. The Labute approximate surface area is 324 Å². The molecule has 308 valence electrons. The van der Waals surface area contributed by atoms with E-state index in [1.807, 2.05) is 0 Å². The standard InChI is InChI=1S/C38H47N5O14/c39-12-24-29(47)31(49)32(50)38(54-24)57-35-21(41)11-20(40)34(33(35)51)56-37-30(48)27(42)28(46)25(55-37)13-43-36(52)17-4-2-1-3-16(17)26-18-7-5-14(44)9-22(18)53-23-10-15(45)6-8-19(23)26/h1-10,20-21,24-25,27-35,37-38,44,46-51H,11-13,39-42H2,(H,43,52)/t20-,21+,24-,25-,27+,28-,29-,30-,31+,32-,33-,34+,35-,37-,38-/m1/s1. The van der Waals surface area contributed by atoms with Crippen molar-refractivity contribution >= 4 is 16.9 Å². The highest BCUT2D eigenvalue weighted by Gasteiger charge is 2.51. The van der Waals surface area contributed by atoms with E-state index >= 15 is 0 Å². The Bertz CT molecular complexity index is 2090. The van der Waals surface area contributed by atoms with Crippen molar-refractivity contribution in [3.05, 3.63) is 76.5 Å². The molecule has 57 heavy (non-hydrogen) atoms. The molecule has 2 aromatic carbocycles. The van der Waals surface area contributed by atoms with Crippen LogP contribution in [0.1, 0.15) is 16.8 Å². The summed E-state index contributed by atoms with van der Waals surface area (Å²) in [5.41, 5.74) is 26.2. The molecule has 0 unspecified atom stereocenters. The summed E-state index contributed by atoms with van der Waals surface area (Å²) in [6.07, 6.45) is -17.7. The second-order valence-electron chi connectivity index (χ2n) is 14.7. The van der Waals surface area contributed by atoms with Gasteiger partial charge in [0.1, 0.15) is 72.0 Å². The zero-order valence-corrected chi connectivity index (χ0v) is 30.4. The van der Waals surface area contributed by atoms with Gasteiger partial charge in [-0.05, 0) is 42.3 Å². The minimum atomic E-state index is -1.73. The van der Waals surface area contributed by atoms with E-state index in [2.05, 4.69) is 5.32 Å². The van der Waals surface area contributed by atoms with Crippen molar-refractivity contribution in [2.75, 3.05) is 13.1 Å². The van der Waals surface area contributed by atoms with E-state index in [1.54, 1.807) is 36.4 Å². The molecule has 1 saturated carbocycles. The van der Waals surface area contributed by atoms with E-state index in [-0.39, 0.29) is 47.6 Å². The summed E-state index contributed by atoms with van der Waals surface area (Å²) < 4.78 is 29.3. The normalized spacial score (nSPS) is 36.0. The van der Waals surface area contributed by atoms with Crippen LogP contribution in [0.5, 0.6) is 5.75 Å². The van der Waals surface area contributed by atoms with Gasteiger partial charge in [-0.25, -0.2) is 0 Å². The largest absolute Gasteiger partial charge is 0.508 e. The van der Waals surface area contributed by atoms with Gasteiger partial charge in [0.05, 0.1) is 12.1 Å². The number of fused-ring (bicyclic) bond motifs is 2. The van der Waals surface area contributed by atoms with Crippen LogP contribution in [0.4, 0.5) is 0 Å². The molecule has 3 aliphatic heterocycles. The van der Waals surface area contributed by atoms with Crippen LogP contribution in [-0.4, -0.2) is 146 Å². The van der Waals surface area contributed by atoms with Crippen LogP contribution in [0, 0.1) is 0 Å². The van der Waals surface area contributed by atoms with Gasteiger partial charge in [0.25, 0.3) is 5.91 Å². The first-order valence-corrected chi connectivity index (χ1v) is 18.4. The molecule has 0 bridgehead atoms. The molecule has 3 heterocycles. The summed E-state index contributed by atoms with van der Waals surface area (Å²) in [6, 6.07) is 12.3. The number of ether oxygens (including phenoxy) is 4. The highest BCUT2D eigenvalue weighted by molar-refractivity contribution is 6.09. The minimum absolute atomic E-state index is 0.0103. The van der Waals surface area contributed by atoms with Crippen LogP contribution >= 0.6 is 0 Å². The van der Waals surface area contributed by atoms with Crippen molar-refractivity contribution in [2.24, 2.45) is 22.9 Å². The molecule has 19 nitrogen and oxygen atoms in total. The Balaban J connectivity index is 1.08. The molecule has 2 aromatic rings. The SMILES string of the molecule is NC[C@H]1O[C@H](O[C@H]2[C@H](O)[C@@H](O[C@H]3O[C@H](CNC(=O)c4ccccc4-c4c5ccc(=O)cc-5oc5cc(O)ccc45)[C@@H](O)[C@H](N)[C@H]3O)[C@H](N)C[C@@H]2N)[C@H](O)[C@@H](O)[C@@H]1O. The van der Waals surface area contributed by atoms with Gasteiger partial charge < -0.3 is 87.4 Å². The fourth-order valence-corrected chi connectivity index (χ4v) is 7.76. The van der Waals surface area contributed by atoms with Crippen molar-refractivity contribution < 1.29 is 63.9 Å². The van der Waals surface area contributed by atoms with Crippen LogP contribution in [0.25, 0.3) is 33.4 Å². The predicted octanol–water partition coefficient (Wildman–Crippen LogP) is -3.27. The molecular weight excluding hydrogens is 750 g/mol. The van der Waals surface area contributed by atoms with Crippen LogP contribution < -0.4 is 33.7 Å². The zero-order valence-electron chi connectivity index (χ0n) is 30.4. The smallest absolute Gasteiger partial charge is 0.252 e. The maximum atomic E-state index is 13.9. The van der Waals surface area contributed by atoms with E-state index in [4.69, 9.17) is 46.3 Å². The number of aliphatic hydroxyl groups excluding tert-OH is 6. The Hall–Kier alpha value is -4.16. The quantitative estimate of drug-likeness (QED) is 0.0739. The van der Waals surface area contributed by atoms with E-state index in [9.17, 15) is 45.3 Å². The molecule has 16 N–H and O–H groups in total. The highest BCUT2D eigenvalue weighted by Crippen LogP contribution is 2.42. The number of phenols is 1. The first kappa shape index (κ1) is 41.0. The van der Waals surface area contributed by atoms with Crippen molar-refractivity contribution in [3.63, 3.8) is 0 Å². The van der Waals surface area contributed by atoms with Crippen molar-refractivity contribution in [3.8, 4) is 28.2 Å². The lowest BCUT2D eigenvalue weighted by Crippen LogP contribution is -2.68. The first-order valence-electron chi connectivity index (χ1n) is 18.4. The summed E-state index contributed by atoms with van der Waals surface area (Å²) >= 11 is 0. The Morgan fingerprint density at radius 1 is 0.754 bits per heavy atom. The molecular formula is C38H47N5O14. The van der Waals surface area contributed by atoms with Crippen molar-refractivity contribution in [2.45, 2.75) is 98.2 Å². The van der Waals surface area contributed by atoms with Crippen LogP contribution in [-0.2, 0) is 18.9 Å². The van der Waals surface area contributed by atoms with Gasteiger partial charge in [0, 0.05) is 59.4 Å². The first-order chi connectivity index (χ1) is 27.2. The fourth-order valence-electron chi connectivity index (χ4n) is 7.76. The Morgan fingerprint density at radius 2 is 1.42 bits per heavy atom. The van der Waals surface area contributed by atoms with Gasteiger partial charge in [0.2, 0.25) is 0 Å². The Kier molecular flexibility index (Phi) is 11.9. The number of amides is 1. The summed E-state index contributed by atoms with van der Waals surface area (Å²) in [5.74, 6) is -0.406. The lowest BCUT2D eigenvalue weighted by atomic mass is 9.84. The molecule has 3 fully saturated rings. The summed E-state index contributed by atoms with van der Waals surface area (Å²) in [5, 5.41) is 77.9. The molecule has 0 spiro atoms. The third-order valence-corrected chi connectivity index (χ3v) is 10.9. The molecule has 2 saturated heterocycles. The number of carbonyl (C=O) groups is 1. The number of nitrogens with one attached hydrogen (secondary N) is 1. The number of benzene rings is 3. The third-order valence-electron chi connectivity index (χ3n) is 10.9. The second-order valence-corrected chi connectivity index (χ2v) is 14.7. The van der Waals surface area contributed by atoms with Gasteiger partial charge in [-0.1, -0.05) is 18.2 Å². The number of hydrogen-bond donors (Lipinski definition) is 12. The second kappa shape index (κ2) is 16.6. The maximum Gasteiger partial charge on any atom is 0.252 e. The van der Waals surface area contributed by atoms with Gasteiger partial charge in [-0.2, -0.15) is 0 Å². The van der Waals surface area contributed by atoms with Crippen LogP contribution in [0.15, 0.2) is 69.9 Å². The maximum absolute atomic E-state index is 13.9. The molecule has 0 aromatic heterocycles. The molecule has 19 heteroatoms. The summed E-state index contributed by atoms with van der Waals surface area (Å²) in [7, 11) is 0. The molecule has 2 aliphatic carbocycles. The monoisotopic (exact) mass is 797 g/mol. The molecule has 1 amide bonds. The average molecular weight is 798 g/mol.